The maximum Gasteiger partial charge on any atom is 0.341 e. The average molecular weight is 517 g/mol. The van der Waals surface area contributed by atoms with Crippen molar-refractivity contribution in [2.24, 2.45) is 10.8 Å². The van der Waals surface area contributed by atoms with E-state index in [4.69, 9.17) is 5.73 Å². The number of hydrogen-bond donors (Lipinski definition) is 1. The standard InChI is InChI=1S/C25H25FN10O2/c1-15-23(24(28)37)16(2)35(32-15)22-12-21(29-14-30-22)33-5-7-34(8-6-33)25(38)36-20(3-4-31-36)18-9-17(13-27)10-19(26)11-18/h4,9-12,14,20H,3,5-8H2,1-2H3,(H2,28,37). The summed E-state index contributed by atoms with van der Waals surface area (Å²) >= 11 is 0. The zero-order valence-electron chi connectivity index (χ0n) is 20.9. The van der Waals surface area contributed by atoms with Gasteiger partial charge in [0.05, 0.1) is 34.6 Å². The van der Waals surface area contributed by atoms with Crippen LogP contribution in [0.2, 0.25) is 0 Å². The Morgan fingerprint density at radius 3 is 2.50 bits per heavy atom. The smallest absolute Gasteiger partial charge is 0.341 e. The van der Waals surface area contributed by atoms with Gasteiger partial charge in [-0.1, -0.05) is 0 Å². The molecular formula is C25H25FN10O2. The Bertz CT molecular complexity index is 1490. The molecule has 1 saturated heterocycles. The van der Waals surface area contributed by atoms with Crippen molar-refractivity contribution in [3.8, 4) is 11.9 Å². The van der Waals surface area contributed by atoms with Gasteiger partial charge in [-0.05, 0) is 37.6 Å². The summed E-state index contributed by atoms with van der Waals surface area (Å²) in [6, 6.07) is 7.05. The van der Waals surface area contributed by atoms with E-state index in [2.05, 4.69) is 20.2 Å². The van der Waals surface area contributed by atoms with Crippen LogP contribution in [0.1, 0.15) is 45.3 Å². The Kier molecular flexibility index (Phi) is 6.46. The van der Waals surface area contributed by atoms with Crippen LogP contribution in [0.15, 0.2) is 35.7 Å². The first kappa shape index (κ1) is 24.8. The van der Waals surface area contributed by atoms with Crippen LogP contribution in [-0.2, 0) is 0 Å². The predicted molar refractivity (Wildman–Crippen MR) is 135 cm³/mol. The first-order chi connectivity index (χ1) is 18.3. The lowest BCUT2D eigenvalue weighted by Crippen LogP contribution is -2.52. The molecule has 2 aliphatic rings. The van der Waals surface area contributed by atoms with Crippen molar-refractivity contribution >= 4 is 24.0 Å². The minimum atomic E-state index is -0.547. The predicted octanol–water partition coefficient (Wildman–Crippen LogP) is 2.06. The SMILES string of the molecule is Cc1nn(-c2cc(N3CCN(C(=O)N4N=CCC4c4cc(F)cc(C#N)c4)CC3)ncn2)c(C)c1C(N)=O. The van der Waals surface area contributed by atoms with Gasteiger partial charge in [-0.3, -0.25) is 4.79 Å². The molecule has 1 fully saturated rings. The molecule has 1 aromatic carbocycles. The van der Waals surface area contributed by atoms with Crippen LogP contribution in [0.25, 0.3) is 5.82 Å². The number of nitrogens with two attached hydrogens (primary N) is 1. The monoisotopic (exact) mass is 516 g/mol. The zero-order chi connectivity index (χ0) is 27.0. The number of primary amides is 1. The summed E-state index contributed by atoms with van der Waals surface area (Å²) in [7, 11) is 0. The van der Waals surface area contributed by atoms with Crippen LogP contribution in [0, 0.1) is 31.0 Å². The number of benzene rings is 1. The molecule has 5 rings (SSSR count). The number of hydrogen-bond acceptors (Lipinski definition) is 8. The highest BCUT2D eigenvalue weighted by Gasteiger charge is 2.33. The number of carbonyl (C=O) groups is 2. The topological polar surface area (TPSA) is 150 Å². The van der Waals surface area contributed by atoms with Gasteiger partial charge in [-0.25, -0.2) is 28.8 Å². The van der Waals surface area contributed by atoms with E-state index < -0.39 is 17.8 Å². The Hall–Kier alpha value is -4.86. The third-order valence-corrected chi connectivity index (χ3v) is 6.73. The minimum Gasteiger partial charge on any atom is -0.365 e. The van der Waals surface area contributed by atoms with Gasteiger partial charge in [0.1, 0.15) is 18.0 Å². The summed E-state index contributed by atoms with van der Waals surface area (Å²) in [4.78, 5) is 37.5. The molecule has 4 heterocycles. The highest BCUT2D eigenvalue weighted by molar-refractivity contribution is 5.95. The van der Waals surface area contributed by atoms with Gasteiger partial charge in [0, 0.05) is 44.9 Å². The van der Waals surface area contributed by atoms with Crippen molar-refractivity contribution in [3.63, 3.8) is 0 Å². The van der Waals surface area contributed by atoms with Crippen LogP contribution < -0.4 is 10.6 Å². The molecule has 13 heteroatoms. The Balaban J connectivity index is 1.28. The van der Waals surface area contributed by atoms with Gasteiger partial charge in [0.25, 0.3) is 5.91 Å². The molecule has 3 amide bonds. The average Bonchev–Trinajstić information content (AvgIpc) is 3.52. The van der Waals surface area contributed by atoms with E-state index in [1.807, 2.05) is 11.0 Å². The van der Waals surface area contributed by atoms with Gasteiger partial charge in [0.15, 0.2) is 5.82 Å². The number of urea groups is 1. The first-order valence-electron chi connectivity index (χ1n) is 12.0. The number of aromatic nitrogens is 4. The number of rotatable bonds is 4. The third-order valence-electron chi connectivity index (χ3n) is 6.73. The molecule has 0 aliphatic carbocycles. The highest BCUT2D eigenvalue weighted by atomic mass is 19.1. The molecular weight excluding hydrogens is 491 g/mol. The van der Waals surface area contributed by atoms with Gasteiger partial charge >= 0.3 is 6.03 Å². The van der Waals surface area contributed by atoms with Crippen LogP contribution in [-0.4, -0.2) is 74.0 Å². The van der Waals surface area contributed by atoms with Crippen molar-refractivity contribution in [2.45, 2.75) is 26.3 Å². The molecule has 2 aliphatic heterocycles. The molecule has 0 radical (unpaired) electrons. The molecule has 1 unspecified atom stereocenters. The second-order valence-corrected chi connectivity index (χ2v) is 9.09. The number of hydrazone groups is 1. The number of piperazine rings is 1. The number of nitriles is 1. The zero-order valence-corrected chi connectivity index (χ0v) is 20.9. The minimum absolute atomic E-state index is 0.198. The number of halogens is 1. The molecule has 2 N–H and O–H groups in total. The van der Waals surface area contributed by atoms with Crippen molar-refractivity contribution in [2.75, 3.05) is 31.1 Å². The van der Waals surface area contributed by atoms with E-state index >= 15 is 0 Å². The first-order valence-corrected chi connectivity index (χ1v) is 12.0. The van der Waals surface area contributed by atoms with Crippen molar-refractivity contribution < 1.29 is 14.0 Å². The number of amides is 3. The lowest BCUT2D eigenvalue weighted by Gasteiger charge is -2.37. The Labute approximate surface area is 217 Å². The van der Waals surface area contributed by atoms with Crippen LogP contribution in [0.5, 0.6) is 0 Å². The lowest BCUT2D eigenvalue weighted by atomic mass is 10.0. The van der Waals surface area contributed by atoms with E-state index in [0.29, 0.717) is 66.8 Å². The fourth-order valence-corrected chi connectivity index (χ4v) is 4.86. The summed E-state index contributed by atoms with van der Waals surface area (Å²) in [5, 5.41) is 19.2. The van der Waals surface area contributed by atoms with E-state index in [1.54, 1.807) is 41.8 Å². The number of carbonyl (C=O) groups excluding carboxylic acids is 2. The number of aryl methyl sites for hydroxylation is 1. The lowest BCUT2D eigenvalue weighted by molar-refractivity contribution is 0.0999. The molecule has 194 valence electrons. The summed E-state index contributed by atoms with van der Waals surface area (Å²) in [6.07, 6.45) is 3.50. The summed E-state index contributed by atoms with van der Waals surface area (Å²) in [5.41, 5.74) is 7.70. The van der Waals surface area contributed by atoms with Crippen molar-refractivity contribution in [3.05, 3.63) is 64.5 Å². The molecule has 1 atom stereocenters. The van der Waals surface area contributed by atoms with E-state index in [-0.39, 0.29) is 11.6 Å². The number of anilines is 1. The van der Waals surface area contributed by atoms with Gasteiger partial charge in [-0.2, -0.15) is 15.5 Å². The van der Waals surface area contributed by atoms with Gasteiger partial charge < -0.3 is 15.5 Å². The molecule has 3 aromatic rings. The molecule has 0 bridgehead atoms. The second-order valence-electron chi connectivity index (χ2n) is 9.09. The summed E-state index contributed by atoms with van der Waals surface area (Å²) in [5.74, 6) is 0.0927. The van der Waals surface area contributed by atoms with Crippen molar-refractivity contribution in [1.82, 2.24) is 29.7 Å². The molecule has 12 nitrogen and oxygen atoms in total. The van der Waals surface area contributed by atoms with E-state index in [1.165, 1.54) is 17.4 Å². The highest BCUT2D eigenvalue weighted by Crippen LogP contribution is 2.31. The molecule has 0 saturated carbocycles. The third kappa shape index (κ3) is 4.52. The normalized spacial score (nSPS) is 17.1. The second kappa shape index (κ2) is 9.89. The fourth-order valence-electron chi connectivity index (χ4n) is 4.86. The largest absolute Gasteiger partial charge is 0.365 e. The van der Waals surface area contributed by atoms with Crippen LogP contribution >= 0.6 is 0 Å². The summed E-state index contributed by atoms with van der Waals surface area (Å²) < 4.78 is 15.6. The van der Waals surface area contributed by atoms with Crippen LogP contribution in [0.3, 0.4) is 0 Å². The van der Waals surface area contributed by atoms with Crippen LogP contribution in [0.4, 0.5) is 15.0 Å². The molecule has 2 aromatic heterocycles. The Morgan fingerprint density at radius 2 is 1.82 bits per heavy atom. The van der Waals surface area contributed by atoms with Gasteiger partial charge in [0.2, 0.25) is 0 Å². The molecule has 0 spiro atoms. The maximum absolute atomic E-state index is 14.0. The number of nitrogens with zero attached hydrogens (tertiary/aromatic N) is 9. The maximum atomic E-state index is 14.0. The van der Waals surface area contributed by atoms with Crippen molar-refractivity contribution in [1.29, 1.82) is 5.26 Å². The molecule has 38 heavy (non-hydrogen) atoms. The quantitative estimate of drug-likeness (QED) is 0.558. The fraction of sp³-hybridized carbons (Fsp3) is 0.320. The summed E-state index contributed by atoms with van der Waals surface area (Å²) in [6.45, 7) is 5.36. The van der Waals surface area contributed by atoms with Gasteiger partial charge in [-0.15, -0.1) is 0 Å². The van der Waals surface area contributed by atoms with E-state index in [9.17, 15) is 19.2 Å². The Morgan fingerprint density at radius 1 is 1.08 bits per heavy atom. The van der Waals surface area contributed by atoms with E-state index in [0.717, 1.165) is 6.07 Å².